The van der Waals surface area contributed by atoms with E-state index in [1.807, 2.05) is 6.07 Å². The Bertz CT molecular complexity index is 493. The summed E-state index contributed by atoms with van der Waals surface area (Å²) >= 11 is 17.6. The van der Waals surface area contributed by atoms with Crippen molar-refractivity contribution in [1.82, 2.24) is 9.80 Å². The van der Waals surface area contributed by atoms with E-state index >= 15 is 0 Å². The van der Waals surface area contributed by atoms with E-state index in [2.05, 4.69) is 29.2 Å². The molecule has 1 aliphatic rings. The molecular weight excluding hydrogens is 313 g/mol. The summed E-state index contributed by atoms with van der Waals surface area (Å²) in [6.45, 7) is 2.01. The maximum absolute atomic E-state index is 6.17. The molecule has 1 unspecified atom stereocenters. The van der Waals surface area contributed by atoms with Crippen molar-refractivity contribution in [3.05, 3.63) is 28.2 Å². The van der Waals surface area contributed by atoms with E-state index in [1.54, 1.807) is 12.1 Å². The third-order valence-electron chi connectivity index (χ3n) is 3.39. The first-order valence-electron chi connectivity index (χ1n) is 6.65. The average Bonchev–Trinajstić information content (AvgIpc) is 2.80. The predicted octanol–water partition coefficient (Wildman–Crippen LogP) is 3.72. The maximum Gasteiger partial charge on any atom is 0.173 e. The molecule has 0 aromatic heterocycles. The van der Waals surface area contributed by atoms with E-state index in [0.717, 1.165) is 23.9 Å². The average molecular weight is 332 g/mol. The van der Waals surface area contributed by atoms with Crippen LogP contribution in [-0.2, 0) is 0 Å². The number of nitrogens with zero attached hydrogens (tertiary/aromatic N) is 2. The van der Waals surface area contributed by atoms with Crippen molar-refractivity contribution >= 4 is 46.2 Å². The van der Waals surface area contributed by atoms with E-state index in [1.165, 1.54) is 12.8 Å². The molecule has 1 N–H and O–H groups in total. The number of likely N-dealkylation sites (tertiary alicyclic amines) is 1. The molecule has 1 saturated heterocycles. The minimum absolute atomic E-state index is 0.469. The van der Waals surface area contributed by atoms with E-state index in [9.17, 15) is 0 Å². The van der Waals surface area contributed by atoms with Crippen molar-refractivity contribution in [3.8, 4) is 0 Å². The second-order valence-electron chi connectivity index (χ2n) is 5.31. The first kappa shape index (κ1) is 15.8. The van der Waals surface area contributed by atoms with E-state index in [0.29, 0.717) is 16.1 Å². The van der Waals surface area contributed by atoms with Crippen LogP contribution in [0, 0.1) is 0 Å². The number of benzene rings is 1. The molecule has 1 aromatic carbocycles. The number of thiocarbonyl (C=S) groups is 1. The van der Waals surface area contributed by atoms with Gasteiger partial charge in [-0.25, -0.2) is 0 Å². The SMILES string of the molecule is CN(C)CC1CCCN1C(=S)Nc1ccc(Cl)cc1Cl. The maximum atomic E-state index is 6.17. The molecule has 2 rings (SSSR count). The van der Waals surface area contributed by atoms with E-state index < -0.39 is 0 Å². The molecule has 20 heavy (non-hydrogen) atoms. The van der Waals surface area contributed by atoms with Crippen LogP contribution in [0.3, 0.4) is 0 Å². The monoisotopic (exact) mass is 331 g/mol. The van der Waals surface area contributed by atoms with Gasteiger partial charge in [0.2, 0.25) is 0 Å². The quantitative estimate of drug-likeness (QED) is 0.850. The number of rotatable bonds is 3. The number of likely N-dealkylation sites (N-methyl/N-ethyl adjacent to an activating group) is 1. The zero-order valence-electron chi connectivity index (χ0n) is 11.7. The summed E-state index contributed by atoms with van der Waals surface area (Å²) in [6.07, 6.45) is 2.35. The van der Waals surface area contributed by atoms with Crippen molar-refractivity contribution in [2.24, 2.45) is 0 Å². The van der Waals surface area contributed by atoms with Gasteiger partial charge in [-0.1, -0.05) is 23.2 Å². The molecule has 0 spiro atoms. The van der Waals surface area contributed by atoms with Crippen LogP contribution in [-0.4, -0.2) is 48.1 Å². The highest BCUT2D eigenvalue weighted by molar-refractivity contribution is 7.80. The van der Waals surface area contributed by atoms with Gasteiger partial charge in [0.15, 0.2) is 5.11 Å². The van der Waals surface area contributed by atoms with Crippen molar-refractivity contribution in [1.29, 1.82) is 0 Å². The zero-order chi connectivity index (χ0) is 14.7. The van der Waals surface area contributed by atoms with Crippen molar-refractivity contribution < 1.29 is 0 Å². The Morgan fingerprint density at radius 2 is 2.20 bits per heavy atom. The Labute approximate surface area is 135 Å². The molecule has 0 radical (unpaired) electrons. The number of hydrogen-bond acceptors (Lipinski definition) is 2. The van der Waals surface area contributed by atoms with E-state index in [-0.39, 0.29) is 0 Å². The molecule has 0 bridgehead atoms. The minimum Gasteiger partial charge on any atom is -0.345 e. The lowest BCUT2D eigenvalue weighted by molar-refractivity contribution is 0.288. The Hall–Kier alpha value is -0.550. The summed E-state index contributed by atoms with van der Waals surface area (Å²) in [7, 11) is 4.17. The van der Waals surface area contributed by atoms with Gasteiger partial charge in [0.05, 0.1) is 10.7 Å². The van der Waals surface area contributed by atoms with Crippen LogP contribution < -0.4 is 5.32 Å². The van der Waals surface area contributed by atoms with Crippen LogP contribution in [0.4, 0.5) is 5.69 Å². The molecule has 110 valence electrons. The molecule has 0 saturated carbocycles. The fraction of sp³-hybridized carbons (Fsp3) is 0.500. The molecular formula is C14H19Cl2N3S. The van der Waals surface area contributed by atoms with Gasteiger partial charge in [0, 0.05) is 24.2 Å². The second-order valence-corrected chi connectivity index (χ2v) is 6.54. The highest BCUT2D eigenvalue weighted by Gasteiger charge is 2.27. The number of anilines is 1. The minimum atomic E-state index is 0.469. The normalized spacial score (nSPS) is 18.6. The second kappa shape index (κ2) is 6.94. The standard InChI is InChI=1S/C14H19Cl2N3S/c1-18(2)9-11-4-3-7-19(11)14(20)17-13-6-5-10(15)8-12(13)16/h5-6,8,11H,3-4,7,9H2,1-2H3,(H,17,20). The predicted molar refractivity (Wildman–Crippen MR) is 91.0 cm³/mol. The molecule has 1 atom stereocenters. The van der Waals surface area contributed by atoms with Gasteiger partial charge in [-0.2, -0.15) is 0 Å². The molecule has 1 aliphatic heterocycles. The highest BCUT2D eigenvalue weighted by Crippen LogP contribution is 2.27. The van der Waals surface area contributed by atoms with Crippen LogP contribution in [0.5, 0.6) is 0 Å². The smallest absolute Gasteiger partial charge is 0.173 e. The van der Waals surface area contributed by atoms with Crippen molar-refractivity contribution in [2.75, 3.05) is 32.5 Å². The molecule has 0 amide bonds. The molecule has 1 heterocycles. The Kier molecular flexibility index (Phi) is 5.49. The Morgan fingerprint density at radius 1 is 1.45 bits per heavy atom. The lowest BCUT2D eigenvalue weighted by atomic mass is 10.2. The van der Waals surface area contributed by atoms with Gasteiger partial charge >= 0.3 is 0 Å². The van der Waals surface area contributed by atoms with Gasteiger partial charge in [-0.15, -0.1) is 0 Å². The summed E-state index contributed by atoms with van der Waals surface area (Å²) in [5.74, 6) is 0. The molecule has 1 fully saturated rings. The fourth-order valence-electron chi connectivity index (χ4n) is 2.49. The third kappa shape index (κ3) is 3.98. The summed E-state index contributed by atoms with van der Waals surface area (Å²) in [6, 6.07) is 5.85. The first-order chi connectivity index (χ1) is 9.47. The lowest BCUT2D eigenvalue weighted by Crippen LogP contribution is -2.43. The topological polar surface area (TPSA) is 18.5 Å². The van der Waals surface area contributed by atoms with Gasteiger partial charge in [-0.3, -0.25) is 0 Å². The van der Waals surface area contributed by atoms with Gasteiger partial charge in [0.1, 0.15) is 0 Å². The number of halogens is 2. The van der Waals surface area contributed by atoms with Crippen molar-refractivity contribution in [2.45, 2.75) is 18.9 Å². The zero-order valence-corrected chi connectivity index (χ0v) is 14.0. The largest absolute Gasteiger partial charge is 0.345 e. The van der Waals surface area contributed by atoms with Crippen LogP contribution in [0.25, 0.3) is 0 Å². The summed E-state index contributed by atoms with van der Waals surface area (Å²) in [4.78, 5) is 4.45. The van der Waals surface area contributed by atoms with Crippen LogP contribution >= 0.6 is 35.4 Å². The highest BCUT2D eigenvalue weighted by atomic mass is 35.5. The van der Waals surface area contributed by atoms with Gasteiger partial charge in [0.25, 0.3) is 0 Å². The number of nitrogens with one attached hydrogen (secondary N) is 1. The molecule has 1 aromatic rings. The van der Waals surface area contributed by atoms with Crippen LogP contribution in [0.15, 0.2) is 18.2 Å². The van der Waals surface area contributed by atoms with Crippen LogP contribution in [0.1, 0.15) is 12.8 Å². The van der Waals surface area contributed by atoms with Crippen molar-refractivity contribution in [3.63, 3.8) is 0 Å². The van der Waals surface area contributed by atoms with E-state index in [4.69, 9.17) is 35.4 Å². The Balaban J connectivity index is 2.03. The molecule has 3 nitrogen and oxygen atoms in total. The summed E-state index contributed by atoms with van der Waals surface area (Å²) in [5, 5.41) is 5.18. The third-order valence-corrected chi connectivity index (χ3v) is 4.27. The van der Waals surface area contributed by atoms with Gasteiger partial charge in [-0.05, 0) is 57.4 Å². The summed E-state index contributed by atoms with van der Waals surface area (Å²) in [5.41, 5.74) is 0.802. The first-order valence-corrected chi connectivity index (χ1v) is 7.81. The number of hydrogen-bond donors (Lipinski definition) is 1. The molecule has 0 aliphatic carbocycles. The summed E-state index contributed by atoms with van der Waals surface area (Å²) < 4.78 is 0. The fourth-order valence-corrected chi connectivity index (χ4v) is 3.30. The van der Waals surface area contributed by atoms with Crippen LogP contribution in [0.2, 0.25) is 10.0 Å². The Morgan fingerprint density at radius 3 is 2.85 bits per heavy atom. The molecule has 6 heteroatoms. The van der Waals surface area contributed by atoms with Gasteiger partial charge < -0.3 is 15.1 Å². The lowest BCUT2D eigenvalue weighted by Gasteiger charge is -2.29.